The predicted molar refractivity (Wildman–Crippen MR) is 114 cm³/mol. The predicted octanol–water partition coefficient (Wildman–Crippen LogP) is 3.54. The molecule has 1 aliphatic rings. The summed E-state index contributed by atoms with van der Waals surface area (Å²) in [5.74, 6) is 0.871. The molecule has 1 saturated heterocycles. The molecule has 0 unspecified atom stereocenters. The molecule has 0 bridgehead atoms. The van der Waals surface area contributed by atoms with Crippen LogP contribution >= 0.6 is 0 Å². The number of hydrogen-bond acceptors (Lipinski definition) is 3. The lowest BCUT2D eigenvalue weighted by Gasteiger charge is -2.22. The summed E-state index contributed by atoms with van der Waals surface area (Å²) in [7, 11) is 1.83. The van der Waals surface area contributed by atoms with Gasteiger partial charge in [0.25, 0.3) is 0 Å². The van der Waals surface area contributed by atoms with Gasteiger partial charge in [-0.25, -0.2) is 0 Å². The molecule has 27 heavy (non-hydrogen) atoms. The van der Waals surface area contributed by atoms with Crippen LogP contribution in [-0.4, -0.2) is 50.8 Å². The zero-order valence-corrected chi connectivity index (χ0v) is 17.3. The first kappa shape index (κ1) is 21.7. The van der Waals surface area contributed by atoms with E-state index in [1.165, 1.54) is 49.9 Å². The van der Waals surface area contributed by atoms with Crippen LogP contribution in [0.1, 0.15) is 56.6 Å². The summed E-state index contributed by atoms with van der Waals surface area (Å²) < 4.78 is 5.38. The van der Waals surface area contributed by atoms with E-state index in [0.29, 0.717) is 0 Å². The fraction of sp³-hybridized carbons (Fsp3) is 0.682. The molecule has 5 nitrogen and oxygen atoms in total. The van der Waals surface area contributed by atoms with Crippen LogP contribution in [-0.2, 0) is 17.8 Å². The molecule has 1 fully saturated rings. The minimum atomic E-state index is 0.799. The van der Waals surface area contributed by atoms with Gasteiger partial charge in [-0.2, -0.15) is 0 Å². The van der Waals surface area contributed by atoms with Crippen molar-refractivity contribution in [2.75, 3.05) is 39.9 Å². The van der Waals surface area contributed by atoms with Gasteiger partial charge in [0.1, 0.15) is 0 Å². The standard InChI is InChI=1S/C22H38N4O/c1-3-27-17-11-8-14-24-22(23-2)25-18-20-12-6-7-13-21(20)19-26-15-9-4-5-10-16-26/h6-7,12-13H,3-5,8-11,14-19H2,1-2H3,(H2,23,24,25). The number of rotatable bonds is 10. The normalized spacial score (nSPS) is 16.1. The summed E-state index contributed by atoms with van der Waals surface area (Å²) in [5.41, 5.74) is 2.79. The molecule has 1 heterocycles. The van der Waals surface area contributed by atoms with E-state index >= 15 is 0 Å². The first-order chi connectivity index (χ1) is 13.3. The van der Waals surface area contributed by atoms with Crippen LogP contribution in [0.4, 0.5) is 0 Å². The first-order valence-corrected chi connectivity index (χ1v) is 10.6. The zero-order chi connectivity index (χ0) is 19.2. The van der Waals surface area contributed by atoms with E-state index in [4.69, 9.17) is 4.74 Å². The summed E-state index contributed by atoms with van der Waals surface area (Å²) in [5, 5.41) is 6.87. The van der Waals surface area contributed by atoms with Crippen LogP contribution in [0.3, 0.4) is 0 Å². The lowest BCUT2D eigenvalue weighted by molar-refractivity contribution is 0.143. The van der Waals surface area contributed by atoms with Crippen LogP contribution in [0.15, 0.2) is 29.3 Å². The number of nitrogens with zero attached hydrogens (tertiary/aromatic N) is 2. The topological polar surface area (TPSA) is 48.9 Å². The van der Waals surface area contributed by atoms with Gasteiger partial charge in [-0.1, -0.05) is 37.1 Å². The maximum absolute atomic E-state index is 5.38. The SMILES string of the molecule is CCOCCCCNC(=NC)NCc1ccccc1CN1CCCCCC1. The molecule has 2 N–H and O–H groups in total. The number of benzene rings is 1. The van der Waals surface area contributed by atoms with Crippen molar-refractivity contribution >= 4 is 5.96 Å². The van der Waals surface area contributed by atoms with Crippen molar-refractivity contribution < 1.29 is 4.74 Å². The summed E-state index contributed by atoms with van der Waals surface area (Å²) in [4.78, 5) is 6.96. The smallest absolute Gasteiger partial charge is 0.191 e. The Hall–Kier alpha value is -1.59. The second kappa shape index (κ2) is 13.6. The summed E-state index contributed by atoms with van der Waals surface area (Å²) >= 11 is 0. The number of guanidine groups is 1. The molecule has 0 saturated carbocycles. The average molecular weight is 375 g/mol. The third-order valence-electron chi connectivity index (χ3n) is 5.09. The molecule has 5 heteroatoms. The summed E-state index contributed by atoms with van der Waals surface area (Å²) in [6.07, 6.45) is 7.60. The number of likely N-dealkylation sites (tertiary alicyclic amines) is 1. The minimum absolute atomic E-state index is 0.799. The lowest BCUT2D eigenvalue weighted by atomic mass is 10.1. The molecule has 0 amide bonds. The lowest BCUT2D eigenvalue weighted by Crippen LogP contribution is -2.37. The fourth-order valence-corrected chi connectivity index (χ4v) is 3.50. The Kier molecular flexibility index (Phi) is 10.9. The van der Waals surface area contributed by atoms with Gasteiger partial charge >= 0.3 is 0 Å². The van der Waals surface area contributed by atoms with Gasteiger partial charge in [0.05, 0.1) is 0 Å². The quantitative estimate of drug-likeness (QED) is 0.374. The average Bonchev–Trinajstić information content (AvgIpc) is 2.96. The first-order valence-electron chi connectivity index (χ1n) is 10.6. The fourth-order valence-electron chi connectivity index (χ4n) is 3.50. The highest BCUT2D eigenvalue weighted by atomic mass is 16.5. The third-order valence-corrected chi connectivity index (χ3v) is 5.09. The van der Waals surface area contributed by atoms with E-state index in [0.717, 1.165) is 51.6 Å². The molecule has 1 aromatic carbocycles. The Morgan fingerprint density at radius 2 is 1.78 bits per heavy atom. The highest BCUT2D eigenvalue weighted by molar-refractivity contribution is 5.79. The van der Waals surface area contributed by atoms with Crippen molar-refractivity contribution in [2.24, 2.45) is 4.99 Å². The largest absolute Gasteiger partial charge is 0.382 e. The Bertz CT molecular complexity index is 539. The number of ether oxygens (including phenoxy) is 1. The molecule has 2 rings (SSSR count). The summed E-state index contributed by atoms with van der Waals surface area (Å²) in [6.45, 7) is 8.92. The second-order valence-electron chi connectivity index (χ2n) is 7.22. The zero-order valence-electron chi connectivity index (χ0n) is 17.3. The molecule has 0 spiro atoms. The number of hydrogen-bond donors (Lipinski definition) is 2. The van der Waals surface area contributed by atoms with Crippen molar-refractivity contribution in [1.29, 1.82) is 0 Å². The van der Waals surface area contributed by atoms with E-state index in [9.17, 15) is 0 Å². The van der Waals surface area contributed by atoms with E-state index in [1.807, 2.05) is 14.0 Å². The van der Waals surface area contributed by atoms with Crippen molar-refractivity contribution in [3.8, 4) is 0 Å². The molecule has 0 aromatic heterocycles. The number of unbranched alkanes of at least 4 members (excludes halogenated alkanes) is 1. The van der Waals surface area contributed by atoms with Crippen LogP contribution < -0.4 is 10.6 Å². The van der Waals surface area contributed by atoms with E-state index in [-0.39, 0.29) is 0 Å². The third kappa shape index (κ3) is 8.76. The van der Waals surface area contributed by atoms with Crippen LogP contribution in [0.25, 0.3) is 0 Å². The van der Waals surface area contributed by atoms with Gasteiger partial charge in [0.2, 0.25) is 0 Å². The van der Waals surface area contributed by atoms with Crippen LogP contribution in [0, 0.1) is 0 Å². The molecule has 1 aromatic rings. The van der Waals surface area contributed by atoms with Crippen molar-refractivity contribution in [1.82, 2.24) is 15.5 Å². The Balaban J connectivity index is 1.78. The maximum atomic E-state index is 5.38. The van der Waals surface area contributed by atoms with Crippen molar-refractivity contribution in [3.05, 3.63) is 35.4 Å². The number of aliphatic imine (C=N–C) groups is 1. The highest BCUT2D eigenvalue weighted by Crippen LogP contribution is 2.16. The van der Waals surface area contributed by atoms with Crippen LogP contribution in [0.5, 0.6) is 0 Å². The monoisotopic (exact) mass is 374 g/mol. The van der Waals surface area contributed by atoms with Gasteiger partial charge in [0.15, 0.2) is 5.96 Å². The molecule has 0 atom stereocenters. The Labute approximate surface area is 165 Å². The van der Waals surface area contributed by atoms with Crippen LogP contribution in [0.2, 0.25) is 0 Å². The van der Waals surface area contributed by atoms with Gasteiger partial charge in [-0.05, 0) is 56.8 Å². The van der Waals surface area contributed by atoms with E-state index in [2.05, 4.69) is 44.8 Å². The van der Waals surface area contributed by atoms with Crippen molar-refractivity contribution in [2.45, 2.75) is 58.5 Å². The Morgan fingerprint density at radius 1 is 1.04 bits per heavy atom. The molecular weight excluding hydrogens is 336 g/mol. The number of nitrogens with one attached hydrogen (secondary N) is 2. The second-order valence-corrected chi connectivity index (χ2v) is 7.22. The van der Waals surface area contributed by atoms with Gasteiger partial charge in [0, 0.05) is 39.9 Å². The van der Waals surface area contributed by atoms with Crippen molar-refractivity contribution in [3.63, 3.8) is 0 Å². The molecule has 1 aliphatic heterocycles. The van der Waals surface area contributed by atoms with Gasteiger partial charge in [-0.3, -0.25) is 9.89 Å². The molecular formula is C22H38N4O. The summed E-state index contributed by atoms with van der Waals surface area (Å²) in [6, 6.07) is 8.79. The maximum Gasteiger partial charge on any atom is 0.191 e. The Morgan fingerprint density at radius 3 is 2.48 bits per heavy atom. The highest BCUT2D eigenvalue weighted by Gasteiger charge is 2.11. The van der Waals surface area contributed by atoms with Gasteiger partial charge < -0.3 is 15.4 Å². The van der Waals surface area contributed by atoms with Gasteiger partial charge in [-0.15, -0.1) is 0 Å². The van der Waals surface area contributed by atoms with E-state index < -0.39 is 0 Å². The minimum Gasteiger partial charge on any atom is -0.382 e. The molecule has 0 aliphatic carbocycles. The molecule has 0 radical (unpaired) electrons. The van der Waals surface area contributed by atoms with E-state index in [1.54, 1.807) is 0 Å². The molecule has 152 valence electrons.